The summed E-state index contributed by atoms with van der Waals surface area (Å²) in [6, 6.07) is 4.88. The first kappa shape index (κ1) is 11.9. The Balaban J connectivity index is 2.33. The minimum Gasteiger partial charge on any atom is -0.507 e. The average Bonchev–Trinajstić information content (AvgIpc) is 2.60. The highest BCUT2D eigenvalue weighted by Gasteiger charge is 2.22. The second kappa shape index (κ2) is 4.77. The first-order valence-electron chi connectivity index (χ1n) is 4.72. The minimum absolute atomic E-state index is 0.0584. The molecule has 0 radical (unpaired) electrons. The molecule has 1 saturated heterocycles. The second-order valence-corrected chi connectivity index (χ2v) is 5.00. The van der Waals surface area contributed by atoms with Gasteiger partial charge >= 0.3 is 0 Å². The molecule has 1 aromatic rings. The van der Waals surface area contributed by atoms with Crippen LogP contribution >= 0.6 is 24.0 Å². The maximum Gasteiger partial charge on any atom is 0.263 e. The number of rotatable bonds is 2. The summed E-state index contributed by atoms with van der Waals surface area (Å²) in [6.45, 7) is 0. The largest absolute Gasteiger partial charge is 0.507 e. The molecule has 0 unspecified atom stereocenters. The van der Waals surface area contributed by atoms with Crippen LogP contribution in [-0.4, -0.2) is 22.4 Å². The molecule has 1 amide bonds. The van der Waals surface area contributed by atoms with Crippen LogP contribution in [0.1, 0.15) is 5.56 Å². The van der Waals surface area contributed by atoms with Crippen molar-refractivity contribution in [2.45, 2.75) is 0 Å². The van der Waals surface area contributed by atoms with Crippen molar-refractivity contribution in [3.63, 3.8) is 0 Å². The molecule has 1 aliphatic rings. The van der Waals surface area contributed by atoms with Gasteiger partial charge in [0.1, 0.15) is 15.8 Å². The van der Waals surface area contributed by atoms with E-state index in [4.69, 9.17) is 17.0 Å². The molecule has 1 aromatic carbocycles. The van der Waals surface area contributed by atoms with E-state index >= 15 is 0 Å². The first-order chi connectivity index (χ1) is 8.10. The summed E-state index contributed by atoms with van der Waals surface area (Å²) in [6.07, 6.45) is 1.59. The van der Waals surface area contributed by atoms with Crippen molar-refractivity contribution in [1.29, 1.82) is 0 Å². The van der Waals surface area contributed by atoms with Crippen LogP contribution in [0, 0.1) is 0 Å². The fourth-order valence-corrected chi connectivity index (χ4v) is 2.37. The van der Waals surface area contributed by atoms with Gasteiger partial charge in [-0.3, -0.25) is 4.79 Å². The van der Waals surface area contributed by atoms with Crippen molar-refractivity contribution < 1.29 is 14.6 Å². The van der Waals surface area contributed by atoms with Gasteiger partial charge in [-0.15, -0.1) is 0 Å². The molecule has 88 valence electrons. The van der Waals surface area contributed by atoms with Gasteiger partial charge in [0.05, 0.1) is 12.0 Å². The van der Waals surface area contributed by atoms with Crippen molar-refractivity contribution in [3.8, 4) is 11.5 Å². The standard InChI is InChI=1S/C11H9NO3S2/c1-15-7-3-2-6(8(13)5-7)4-9-10(14)12-11(16)17-9/h2-5,13H,1H3,(H,12,14,16)/b9-4-. The Morgan fingerprint density at radius 2 is 2.29 bits per heavy atom. The Morgan fingerprint density at radius 1 is 1.53 bits per heavy atom. The molecular formula is C11H9NO3S2. The lowest BCUT2D eigenvalue weighted by molar-refractivity contribution is -0.115. The van der Waals surface area contributed by atoms with E-state index < -0.39 is 0 Å². The van der Waals surface area contributed by atoms with Crippen molar-refractivity contribution in [2.24, 2.45) is 0 Å². The number of thiocarbonyl (C=S) groups is 1. The summed E-state index contributed by atoms with van der Waals surface area (Å²) in [5, 5.41) is 12.2. The zero-order chi connectivity index (χ0) is 12.4. The second-order valence-electron chi connectivity index (χ2n) is 3.28. The molecule has 6 heteroatoms. The van der Waals surface area contributed by atoms with E-state index in [0.29, 0.717) is 20.5 Å². The number of nitrogens with one attached hydrogen (secondary N) is 1. The number of carbonyl (C=O) groups excluding carboxylic acids is 1. The van der Waals surface area contributed by atoms with E-state index in [9.17, 15) is 9.90 Å². The lowest BCUT2D eigenvalue weighted by atomic mass is 10.1. The van der Waals surface area contributed by atoms with Crippen molar-refractivity contribution in [3.05, 3.63) is 28.7 Å². The molecule has 4 nitrogen and oxygen atoms in total. The lowest BCUT2D eigenvalue weighted by Gasteiger charge is -2.03. The highest BCUT2D eigenvalue weighted by Crippen LogP contribution is 2.30. The number of benzene rings is 1. The number of aromatic hydroxyl groups is 1. The molecular weight excluding hydrogens is 258 g/mol. The zero-order valence-electron chi connectivity index (χ0n) is 8.89. The van der Waals surface area contributed by atoms with Crippen LogP contribution in [0.25, 0.3) is 6.08 Å². The van der Waals surface area contributed by atoms with Crippen LogP contribution in [0.3, 0.4) is 0 Å². The number of amides is 1. The molecule has 17 heavy (non-hydrogen) atoms. The summed E-state index contributed by atoms with van der Waals surface area (Å²) in [5.41, 5.74) is 0.549. The summed E-state index contributed by atoms with van der Waals surface area (Å²) in [5.74, 6) is 0.377. The van der Waals surface area contributed by atoms with Crippen LogP contribution in [0.2, 0.25) is 0 Å². The smallest absolute Gasteiger partial charge is 0.263 e. The van der Waals surface area contributed by atoms with Gasteiger partial charge in [-0.2, -0.15) is 0 Å². The number of methoxy groups -OCH3 is 1. The lowest BCUT2D eigenvalue weighted by Crippen LogP contribution is -2.17. The average molecular weight is 267 g/mol. The monoisotopic (exact) mass is 267 g/mol. The third-order valence-corrected chi connectivity index (χ3v) is 3.33. The first-order valence-corrected chi connectivity index (χ1v) is 5.94. The maximum atomic E-state index is 11.4. The summed E-state index contributed by atoms with van der Waals surface area (Å²) in [7, 11) is 1.52. The van der Waals surface area contributed by atoms with Crippen LogP contribution < -0.4 is 10.1 Å². The number of thioether (sulfide) groups is 1. The van der Waals surface area contributed by atoms with Gasteiger partial charge in [0.2, 0.25) is 0 Å². The SMILES string of the molecule is COc1ccc(/C=C2\SC(=S)NC2=O)c(O)c1. The molecule has 2 rings (SSSR count). The number of hydrogen-bond acceptors (Lipinski definition) is 5. The van der Waals surface area contributed by atoms with Gasteiger partial charge in [-0.25, -0.2) is 0 Å². The molecule has 0 aliphatic carbocycles. The Labute approximate surface area is 108 Å². The molecule has 0 spiro atoms. The number of phenols is 1. The maximum absolute atomic E-state index is 11.4. The van der Waals surface area contributed by atoms with Crippen molar-refractivity contribution in [1.82, 2.24) is 5.32 Å². The van der Waals surface area contributed by atoms with Crippen molar-refractivity contribution in [2.75, 3.05) is 7.11 Å². The Kier molecular flexibility index (Phi) is 3.35. The van der Waals surface area contributed by atoms with Gasteiger partial charge in [0.15, 0.2) is 0 Å². The molecule has 0 saturated carbocycles. The predicted octanol–water partition coefficient (Wildman–Crippen LogP) is 1.89. The molecule has 2 N–H and O–H groups in total. The van der Waals surface area contributed by atoms with Crippen LogP contribution in [0.4, 0.5) is 0 Å². The summed E-state index contributed by atoms with van der Waals surface area (Å²) >= 11 is 6.05. The molecule has 1 fully saturated rings. The number of phenolic OH excluding ortho intramolecular Hbond substituents is 1. The Bertz CT molecular complexity index is 525. The molecule has 0 bridgehead atoms. The quantitative estimate of drug-likeness (QED) is 0.633. The number of ether oxygens (including phenoxy) is 1. The fourth-order valence-electron chi connectivity index (χ4n) is 1.33. The molecule has 0 atom stereocenters. The minimum atomic E-state index is -0.241. The van der Waals surface area contributed by atoms with E-state index in [1.165, 1.54) is 24.9 Å². The summed E-state index contributed by atoms with van der Waals surface area (Å²) < 4.78 is 5.40. The Morgan fingerprint density at radius 3 is 2.82 bits per heavy atom. The van der Waals surface area contributed by atoms with Crippen LogP contribution in [0.5, 0.6) is 11.5 Å². The van der Waals surface area contributed by atoms with E-state index in [2.05, 4.69) is 5.32 Å². The number of hydrogen-bond donors (Lipinski definition) is 2. The van der Waals surface area contributed by atoms with Gasteiger partial charge in [-0.05, 0) is 18.2 Å². The van der Waals surface area contributed by atoms with E-state index in [-0.39, 0.29) is 11.7 Å². The predicted molar refractivity (Wildman–Crippen MR) is 71.0 cm³/mol. The van der Waals surface area contributed by atoms with Crippen LogP contribution in [-0.2, 0) is 4.79 Å². The normalized spacial score (nSPS) is 17.4. The number of carbonyl (C=O) groups is 1. The fraction of sp³-hybridized carbons (Fsp3) is 0.0909. The van der Waals surface area contributed by atoms with E-state index in [1.54, 1.807) is 18.2 Å². The van der Waals surface area contributed by atoms with Gasteiger partial charge in [0.25, 0.3) is 5.91 Å². The van der Waals surface area contributed by atoms with E-state index in [0.717, 1.165) is 0 Å². The van der Waals surface area contributed by atoms with Crippen LogP contribution in [0.15, 0.2) is 23.1 Å². The van der Waals surface area contributed by atoms with Gasteiger partial charge < -0.3 is 15.2 Å². The van der Waals surface area contributed by atoms with Crippen molar-refractivity contribution >= 4 is 40.3 Å². The molecule has 0 aromatic heterocycles. The van der Waals surface area contributed by atoms with E-state index in [1.807, 2.05) is 0 Å². The molecule has 1 heterocycles. The Hall–Kier alpha value is -1.53. The van der Waals surface area contributed by atoms with Gasteiger partial charge in [-0.1, -0.05) is 24.0 Å². The van der Waals surface area contributed by atoms with Gasteiger partial charge in [0, 0.05) is 11.6 Å². The third-order valence-electron chi connectivity index (χ3n) is 2.17. The highest BCUT2D eigenvalue weighted by molar-refractivity contribution is 8.26. The summed E-state index contributed by atoms with van der Waals surface area (Å²) in [4.78, 5) is 11.9. The zero-order valence-corrected chi connectivity index (χ0v) is 10.5. The third kappa shape index (κ3) is 2.59. The molecule has 1 aliphatic heterocycles. The topological polar surface area (TPSA) is 58.6 Å². The highest BCUT2D eigenvalue weighted by atomic mass is 32.2.